The van der Waals surface area contributed by atoms with Crippen LogP contribution in [0.15, 0.2) is 152 Å². The molecule has 0 N–H and O–H groups in total. The van der Waals surface area contributed by atoms with Gasteiger partial charge in [-0.15, -0.1) is 17.7 Å². The molecule has 0 atom stereocenters. The van der Waals surface area contributed by atoms with Gasteiger partial charge >= 0.3 is 0 Å². The third-order valence-corrected chi connectivity index (χ3v) is 7.44. The standard InChI is InChI=1S/C19H11N2.C19H15N2.Au/c1-20-15-8-10-19-17(12-15)16-11-14(7-9-18(16)21-19)13-5-3-2-4-6-13;1-3-9-16(10-4-1)20-15-21(17-11-5-2-6-12-17)19-14-8-7-13-18(19)20;/h2-12H;1-15H;/q2*-1;. The number of fused-ring (bicyclic) bond motifs is 4. The summed E-state index contributed by atoms with van der Waals surface area (Å²) in [6.45, 7) is 9.31. The first kappa shape index (κ1) is 28.1. The van der Waals surface area contributed by atoms with E-state index in [1.54, 1.807) is 0 Å². The molecule has 0 saturated carbocycles. The zero-order chi connectivity index (χ0) is 28.3. The van der Waals surface area contributed by atoms with Gasteiger partial charge in [0, 0.05) is 45.1 Å². The van der Waals surface area contributed by atoms with Gasteiger partial charge in [0.05, 0.1) is 6.57 Å². The second-order valence-electron chi connectivity index (χ2n) is 10.0. The fourth-order valence-corrected chi connectivity index (χ4v) is 5.40. The van der Waals surface area contributed by atoms with E-state index in [2.05, 4.69) is 129 Å². The Morgan fingerprint density at radius 2 is 1.00 bits per heavy atom. The van der Waals surface area contributed by atoms with Crippen LogP contribution < -0.4 is 14.8 Å². The van der Waals surface area contributed by atoms with Crippen LogP contribution in [0.25, 0.3) is 37.8 Å². The molecule has 8 rings (SSSR count). The molecular formula is C38H26AuN4-2. The zero-order valence-electron chi connectivity index (χ0n) is 23.1. The Hall–Kier alpha value is -5.05. The van der Waals surface area contributed by atoms with Crippen molar-refractivity contribution < 1.29 is 22.4 Å². The second kappa shape index (κ2) is 12.4. The largest absolute Gasteiger partial charge is 0.657 e. The SMILES string of the molecule is [Au].[C-]#[N+]c1ccc2[n-]c3ccc(-c4ccccc4)cc3c2c1.c1ccc(N2[CH-]N(c3ccccc3)c3ccccc32)cc1. The minimum Gasteiger partial charge on any atom is -0.657 e. The number of nitrogens with zero attached hydrogens (tertiary/aromatic N) is 4. The number of benzene rings is 6. The smallest absolute Gasteiger partial charge is 0.187 e. The van der Waals surface area contributed by atoms with E-state index >= 15 is 0 Å². The molecule has 1 aliphatic rings. The quantitative estimate of drug-likeness (QED) is 0.133. The van der Waals surface area contributed by atoms with Crippen molar-refractivity contribution in [2.24, 2.45) is 0 Å². The molecule has 0 saturated heterocycles. The fraction of sp³-hybridized carbons (Fsp3) is 0. The molecule has 0 aliphatic carbocycles. The number of anilines is 4. The van der Waals surface area contributed by atoms with E-state index in [0.29, 0.717) is 5.69 Å². The molecule has 4 nitrogen and oxygen atoms in total. The molecule has 211 valence electrons. The van der Waals surface area contributed by atoms with Gasteiger partial charge in [0.15, 0.2) is 5.69 Å². The molecule has 0 unspecified atom stereocenters. The van der Waals surface area contributed by atoms with Crippen LogP contribution in [0.1, 0.15) is 0 Å². The van der Waals surface area contributed by atoms with Crippen molar-refractivity contribution in [2.75, 3.05) is 9.80 Å². The van der Waals surface area contributed by atoms with Gasteiger partial charge < -0.3 is 14.8 Å². The molecule has 43 heavy (non-hydrogen) atoms. The van der Waals surface area contributed by atoms with Crippen molar-refractivity contribution in [3.05, 3.63) is 170 Å². The van der Waals surface area contributed by atoms with Gasteiger partial charge in [-0.2, -0.15) is 0 Å². The zero-order valence-corrected chi connectivity index (χ0v) is 25.3. The van der Waals surface area contributed by atoms with Gasteiger partial charge in [0.1, 0.15) is 0 Å². The van der Waals surface area contributed by atoms with E-state index in [-0.39, 0.29) is 22.4 Å². The Kier molecular flexibility index (Phi) is 8.13. The number of rotatable bonds is 3. The molecule has 5 heteroatoms. The number of hydrogen-bond donors (Lipinski definition) is 0. The summed E-state index contributed by atoms with van der Waals surface area (Å²) >= 11 is 0. The first-order valence-corrected chi connectivity index (χ1v) is 13.8. The van der Waals surface area contributed by atoms with E-state index in [0.717, 1.165) is 21.8 Å². The summed E-state index contributed by atoms with van der Waals surface area (Å²) in [5.41, 5.74) is 9.68. The van der Waals surface area contributed by atoms with E-state index in [9.17, 15) is 0 Å². The maximum absolute atomic E-state index is 7.16. The van der Waals surface area contributed by atoms with Crippen molar-refractivity contribution in [1.29, 1.82) is 0 Å². The average molecular weight is 736 g/mol. The fourth-order valence-electron chi connectivity index (χ4n) is 5.40. The van der Waals surface area contributed by atoms with Crippen LogP contribution in [0.4, 0.5) is 28.4 Å². The van der Waals surface area contributed by atoms with Crippen LogP contribution in [-0.2, 0) is 22.4 Å². The molecule has 0 amide bonds. The van der Waals surface area contributed by atoms with Gasteiger partial charge in [-0.25, -0.2) is 4.85 Å². The van der Waals surface area contributed by atoms with Crippen LogP contribution >= 0.6 is 0 Å². The Bertz CT molecular complexity index is 1970. The topological polar surface area (TPSA) is 24.9 Å². The molecule has 1 radical (unpaired) electrons. The van der Waals surface area contributed by atoms with Crippen molar-refractivity contribution in [1.82, 2.24) is 4.98 Å². The predicted molar refractivity (Wildman–Crippen MR) is 174 cm³/mol. The van der Waals surface area contributed by atoms with Crippen molar-refractivity contribution >= 4 is 50.2 Å². The summed E-state index contributed by atoms with van der Waals surface area (Å²) in [6.07, 6.45) is 0. The first-order chi connectivity index (χ1) is 20.8. The maximum Gasteiger partial charge on any atom is 0.187 e. The molecular weight excluding hydrogens is 709 g/mol. The van der Waals surface area contributed by atoms with Gasteiger partial charge in [-0.05, 0) is 70.4 Å². The van der Waals surface area contributed by atoms with Crippen molar-refractivity contribution in [2.45, 2.75) is 0 Å². The first-order valence-electron chi connectivity index (χ1n) is 13.8. The molecule has 1 aromatic heterocycles. The molecule has 7 aromatic rings. The normalized spacial score (nSPS) is 11.8. The molecule has 0 bridgehead atoms. The third kappa shape index (κ3) is 5.58. The summed E-state index contributed by atoms with van der Waals surface area (Å²) in [5.74, 6) is 0. The third-order valence-electron chi connectivity index (χ3n) is 7.44. The van der Waals surface area contributed by atoms with E-state index in [4.69, 9.17) is 6.57 Å². The van der Waals surface area contributed by atoms with Crippen molar-refractivity contribution in [3.8, 4) is 11.1 Å². The maximum atomic E-state index is 7.16. The molecule has 1 aliphatic heterocycles. The van der Waals surface area contributed by atoms with Crippen LogP contribution in [0, 0.1) is 13.2 Å². The summed E-state index contributed by atoms with van der Waals surface area (Å²) in [6, 6.07) is 51.6. The van der Waals surface area contributed by atoms with E-state index in [1.165, 1.54) is 33.9 Å². The summed E-state index contributed by atoms with van der Waals surface area (Å²) in [4.78, 5) is 12.6. The minimum absolute atomic E-state index is 0. The summed E-state index contributed by atoms with van der Waals surface area (Å²) < 4.78 is 0. The van der Waals surface area contributed by atoms with E-state index in [1.807, 2.05) is 48.5 Å². The molecule has 2 heterocycles. The van der Waals surface area contributed by atoms with Gasteiger partial charge in [-0.3, -0.25) is 0 Å². The molecule has 0 fully saturated rings. The molecule has 6 aromatic carbocycles. The van der Waals surface area contributed by atoms with Crippen LogP contribution in [0.3, 0.4) is 0 Å². The Labute approximate surface area is 267 Å². The number of hydrogen-bond acceptors (Lipinski definition) is 2. The predicted octanol–water partition coefficient (Wildman–Crippen LogP) is 10.3. The molecule has 0 spiro atoms. The summed E-state index contributed by atoms with van der Waals surface area (Å²) in [7, 11) is 0. The van der Waals surface area contributed by atoms with Gasteiger partial charge in [0.2, 0.25) is 0 Å². The van der Waals surface area contributed by atoms with Gasteiger partial charge in [-0.1, -0.05) is 103 Å². The second-order valence-corrected chi connectivity index (χ2v) is 10.0. The number of para-hydroxylation sites is 4. The van der Waals surface area contributed by atoms with Crippen molar-refractivity contribution in [3.63, 3.8) is 0 Å². The van der Waals surface area contributed by atoms with Gasteiger partial charge in [0.25, 0.3) is 0 Å². The minimum atomic E-state index is 0. The Morgan fingerprint density at radius 1 is 0.512 bits per heavy atom. The van der Waals surface area contributed by atoms with Crippen LogP contribution in [-0.4, -0.2) is 0 Å². The Balaban J connectivity index is 0.000000150. The Morgan fingerprint density at radius 3 is 1.56 bits per heavy atom. The van der Waals surface area contributed by atoms with E-state index < -0.39 is 0 Å². The number of aromatic nitrogens is 1. The average Bonchev–Trinajstić information content (AvgIpc) is 3.64. The van der Waals surface area contributed by atoms with Crippen LogP contribution in [0.2, 0.25) is 0 Å². The van der Waals surface area contributed by atoms with Crippen LogP contribution in [0.5, 0.6) is 0 Å². The summed E-state index contributed by atoms with van der Waals surface area (Å²) in [5, 5.41) is 2.16. The monoisotopic (exact) mass is 735 g/mol.